The molecule has 6 nitrogen and oxygen atoms in total. The molecule has 33 heavy (non-hydrogen) atoms. The molecule has 0 aliphatic carbocycles. The Balaban J connectivity index is 2.15. The lowest BCUT2D eigenvalue weighted by Crippen LogP contribution is -2.33. The zero-order chi connectivity index (χ0) is 24.4. The summed E-state index contributed by atoms with van der Waals surface area (Å²) in [7, 11) is 4.39. The molecule has 0 unspecified atom stereocenters. The maximum absolute atomic E-state index is 13.5. The third-order valence-corrected chi connectivity index (χ3v) is 5.39. The molecule has 180 valence electrons. The lowest BCUT2D eigenvalue weighted by atomic mass is 10.1. The molecule has 0 bridgehead atoms. The summed E-state index contributed by atoms with van der Waals surface area (Å²) in [5.74, 6) is -0.680. The van der Waals surface area contributed by atoms with Gasteiger partial charge in [-0.1, -0.05) is 0 Å². The fourth-order valence-electron chi connectivity index (χ4n) is 3.61. The van der Waals surface area contributed by atoms with Gasteiger partial charge in [0.2, 0.25) is 0 Å². The molecule has 1 amide bonds. The van der Waals surface area contributed by atoms with Crippen molar-refractivity contribution in [2.24, 2.45) is 0 Å². The minimum atomic E-state index is -0.625. The number of hydrogen-bond acceptors (Lipinski definition) is 5. The van der Waals surface area contributed by atoms with Crippen molar-refractivity contribution in [2.75, 3.05) is 34.4 Å². The number of aryl methyl sites for hydroxylation is 1. The highest BCUT2D eigenvalue weighted by atomic mass is 19.1. The number of hydrogen-bond donors (Lipinski definition) is 0. The number of nitrogens with zero attached hydrogens (tertiary/aromatic N) is 1. The van der Waals surface area contributed by atoms with Crippen LogP contribution in [0.15, 0.2) is 30.3 Å². The Morgan fingerprint density at radius 1 is 0.848 bits per heavy atom. The van der Waals surface area contributed by atoms with Gasteiger partial charge in [-0.05, 0) is 62.4 Å². The number of ether oxygens (including phenoxy) is 3. The topological polar surface area (TPSA) is 65.1 Å². The number of carbonyl (C=O) groups excluding carboxylic acids is 2. The van der Waals surface area contributed by atoms with Crippen molar-refractivity contribution in [2.45, 2.75) is 39.0 Å². The number of carbonyl (C=O) groups is 2. The summed E-state index contributed by atoms with van der Waals surface area (Å²) >= 11 is 0. The van der Waals surface area contributed by atoms with Gasteiger partial charge in [0.25, 0.3) is 5.91 Å². The summed E-state index contributed by atoms with van der Waals surface area (Å²) in [4.78, 5) is 26.4. The van der Waals surface area contributed by atoms with Crippen molar-refractivity contribution >= 4 is 11.9 Å². The number of methoxy groups -OCH3 is 3. The molecular formula is C25H31F2NO5. The van der Waals surface area contributed by atoms with Gasteiger partial charge in [-0.2, -0.15) is 0 Å². The molecule has 0 N–H and O–H groups in total. The summed E-state index contributed by atoms with van der Waals surface area (Å²) in [6.45, 7) is 2.65. The van der Waals surface area contributed by atoms with Crippen LogP contribution in [0.3, 0.4) is 0 Å². The Morgan fingerprint density at radius 3 is 1.97 bits per heavy atom. The summed E-state index contributed by atoms with van der Waals surface area (Å²) in [6.07, 6.45) is 2.39. The van der Waals surface area contributed by atoms with Crippen LogP contribution in [0.2, 0.25) is 0 Å². The van der Waals surface area contributed by atoms with E-state index in [1.165, 1.54) is 33.5 Å². The second-order valence-corrected chi connectivity index (χ2v) is 7.71. The third kappa shape index (κ3) is 7.73. The van der Waals surface area contributed by atoms with E-state index in [9.17, 15) is 18.4 Å². The van der Waals surface area contributed by atoms with Gasteiger partial charge >= 0.3 is 5.97 Å². The van der Waals surface area contributed by atoms with Crippen LogP contribution in [0, 0.1) is 18.6 Å². The van der Waals surface area contributed by atoms with Crippen molar-refractivity contribution in [1.82, 2.24) is 4.90 Å². The molecule has 8 heteroatoms. The molecular weight excluding hydrogens is 432 g/mol. The molecule has 0 spiro atoms. The Morgan fingerprint density at radius 2 is 1.42 bits per heavy atom. The SMILES string of the molecule is COC(=O)CCCCN(CCCc1cc(F)cc(F)c1)C(=O)c1cc(OC)c(C)c(OC)c1. The van der Waals surface area contributed by atoms with Crippen LogP contribution in [-0.4, -0.2) is 51.2 Å². The first-order chi connectivity index (χ1) is 15.8. The zero-order valence-electron chi connectivity index (χ0n) is 19.6. The molecule has 0 saturated carbocycles. The Bertz CT molecular complexity index is 919. The predicted molar refractivity (Wildman–Crippen MR) is 121 cm³/mol. The number of halogens is 2. The number of amides is 1. The van der Waals surface area contributed by atoms with E-state index in [0.29, 0.717) is 61.4 Å². The van der Waals surface area contributed by atoms with E-state index >= 15 is 0 Å². The minimum Gasteiger partial charge on any atom is -0.496 e. The van der Waals surface area contributed by atoms with Crippen LogP contribution < -0.4 is 9.47 Å². The first-order valence-electron chi connectivity index (χ1n) is 10.8. The van der Waals surface area contributed by atoms with Crippen LogP contribution in [0.1, 0.15) is 47.2 Å². The summed E-state index contributed by atoms with van der Waals surface area (Å²) in [5, 5.41) is 0. The normalized spacial score (nSPS) is 10.6. The first kappa shape index (κ1) is 26.1. The summed E-state index contributed by atoms with van der Waals surface area (Å²) in [5.41, 5.74) is 1.73. The highest BCUT2D eigenvalue weighted by Crippen LogP contribution is 2.30. The fourth-order valence-corrected chi connectivity index (χ4v) is 3.61. The van der Waals surface area contributed by atoms with Crippen LogP contribution in [-0.2, 0) is 16.0 Å². The van der Waals surface area contributed by atoms with Crippen LogP contribution >= 0.6 is 0 Å². The molecule has 0 aliphatic rings. The lowest BCUT2D eigenvalue weighted by molar-refractivity contribution is -0.140. The molecule has 0 saturated heterocycles. The van der Waals surface area contributed by atoms with E-state index in [-0.39, 0.29) is 18.3 Å². The quantitative estimate of drug-likeness (QED) is 0.337. The molecule has 0 radical (unpaired) electrons. The standard InChI is InChI=1S/C25H31F2NO5/c1-17-22(31-2)14-19(15-23(17)32-3)25(30)28(10-6-5-9-24(29)33-4)11-7-8-18-12-20(26)16-21(27)13-18/h12-16H,5-11H2,1-4H3. The molecule has 0 aromatic heterocycles. The molecule has 0 heterocycles. The average Bonchev–Trinajstić information content (AvgIpc) is 2.79. The molecule has 2 aromatic carbocycles. The third-order valence-electron chi connectivity index (χ3n) is 5.39. The number of esters is 1. The lowest BCUT2D eigenvalue weighted by Gasteiger charge is -2.24. The van der Waals surface area contributed by atoms with Gasteiger partial charge in [-0.25, -0.2) is 8.78 Å². The highest BCUT2D eigenvalue weighted by molar-refractivity contribution is 5.95. The van der Waals surface area contributed by atoms with E-state index < -0.39 is 11.6 Å². The molecule has 0 fully saturated rings. The van der Waals surface area contributed by atoms with E-state index in [0.717, 1.165) is 11.6 Å². The van der Waals surface area contributed by atoms with Crippen molar-refractivity contribution in [3.63, 3.8) is 0 Å². The van der Waals surface area contributed by atoms with Crippen molar-refractivity contribution in [3.8, 4) is 11.5 Å². The smallest absolute Gasteiger partial charge is 0.305 e. The van der Waals surface area contributed by atoms with E-state index in [2.05, 4.69) is 4.74 Å². The van der Waals surface area contributed by atoms with Crippen LogP contribution in [0.25, 0.3) is 0 Å². The maximum atomic E-state index is 13.5. The Kier molecular flexibility index (Phi) is 10.1. The minimum absolute atomic E-state index is 0.213. The largest absolute Gasteiger partial charge is 0.496 e. The predicted octanol–water partition coefficient (Wildman–Crippen LogP) is 4.71. The van der Waals surface area contributed by atoms with Crippen LogP contribution in [0.4, 0.5) is 8.78 Å². The van der Waals surface area contributed by atoms with Gasteiger partial charge in [0, 0.05) is 36.7 Å². The summed E-state index contributed by atoms with van der Waals surface area (Å²) < 4.78 is 42.4. The summed E-state index contributed by atoms with van der Waals surface area (Å²) in [6, 6.07) is 6.76. The van der Waals surface area contributed by atoms with E-state index in [4.69, 9.17) is 9.47 Å². The second kappa shape index (κ2) is 12.8. The van der Waals surface area contributed by atoms with Gasteiger partial charge in [0.15, 0.2) is 0 Å². The molecule has 2 aromatic rings. The Labute approximate surface area is 193 Å². The van der Waals surface area contributed by atoms with E-state index in [1.807, 2.05) is 6.92 Å². The molecule has 2 rings (SSSR count). The fraction of sp³-hybridized carbons (Fsp3) is 0.440. The maximum Gasteiger partial charge on any atom is 0.305 e. The van der Waals surface area contributed by atoms with Crippen LogP contribution in [0.5, 0.6) is 11.5 Å². The van der Waals surface area contributed by atoms with Crippen molar-refractivity contribution < 1.29 is 32.6 Å². The highest BCUT2D eigenvalue weighted by Gasteiger charge is 2.19. The van der Waals surface area contributed by atoms with Crippen molar-refractivity contribution in [3.05, 3.63) is 58.7 Å². The number of benzene rings is 2. The monoisotopic (exact) mass is 463 g/mol. The number of rotatable bonds is 12. The molecule has 0 aliphatic heterocycles. The average molecular weight is 464 g/mol. The number of unbranched alkanes of at least 4 members (excludes halogenated alkanes) is 1. The van der Waals surface area contributed by atoms with E-state index in [1.54, 1.807) is 17.0 Å². The Hall–Kier alpha value is -3.16. The van der Waals surface area contributed by atoms with Gasteiger partial charge in [-0.3, -0.25) is 9.59 Å². The first-order valence-corrected chi connectivity index (χ1v) is 10.8. The molecule has 0 atom stereocenters. The van der Waals surface area contributed by atoms with Gasteiger partial charge in [0.05, 0.1) is 21.3 Å². The zero-order valence-corrected chi connectivity index (χ0v) is 19.6. The van der Waals surface area contributed by atoms with Gasteiger partial charge < -0.3 is 19.1 Å². The van der Waals surface area contributed by atoms with Crippen molar-refractivity contribution in [1.29, 1.82) is 0 Å². The van der Waals surface area contributed by atoms with Gasteiger partial charge in [-0.15, -0.1) is 0 Å². The second-order valence-electron chi connectivity index (χ2n) is 7.71. The van der Waals surface area contributed by atoms with Gasteiger partial charge in [0.1, 0.15) is 23.1 Å².